The molecule has 0 amide bonds. The molecule has 0 spiro atoms. The maximum absolute atomic E-state index is 13.4. The van der Waals surface area contributed by atoms with Gasteiger partial charge >= 0.3 is 6.18 Å². The zero-order valence-electron chi connectivity index (χ0n) is 20.9. The highest BCUT2D eigenvalue weighted by Crippen LogP contribution is 2.39. The van der Waals surface area contributed by atoms with Gasteiger partial charge in [0.25, 0.3) is 0 Å². The Balaban J connectivity index is 1.56. The minimum absolute atomic E-state index is 0.0935. The van der Waals surface area contributed by atoms with Crippen molar-refractivity contribution in [3.63, 3.8) is 0 Å². The molecule has 1 aromatic carbocycles. The monoisotopic (exact) mass is 570 g/mol. The number of aromatic nitrogens is 2. The molecule has 206 valence electrons. The van der Waals surface area contributed by atoms with E-state index in [1.54, 1.807) is 23.0 Å². The standard InChI is InChI=1S/C25H29F3N4O4S2/c1-24(33,25(26,27)28)18-7-9-20(10-8-18)32-12-11-31(38(34,35)23-6-4-3-5-22(23)37)14-21(32)16-36-15-19-13-30(2)17-29-19/h3-4,6-10,13,17,21,33H,5,11-12,14-16H2,1-2H3/t21-,24-/m1/s1. The molecule has 38 heavy (non-hydrogen) atoms. The maximum Gasteiger partial charge on any atom is 0.421 e. The van der Waals surface area contributed by atoms with E-state index in [4.69, 9.17) is 17.0 Å². The second kappa shape index (κ2) is 10.9. The molecule has 1 aliphatic carbocycles. The number of aliphatic hydroxyl groups is 1. The molecule has 2 aromatic rings. The van der Waals surface area contributed by atoms with Gasteiger partial charge in [0.15, 0.2) is 5.60 Å². The molecule has 0 unspecified atom stereocenters. The van der Waals surface area contributed by atoms with Crippen LogP contribution in [0.3, 0.4) is 0 Å². The van der Waals surface area contributed by atoms with Crippen LogP contribution in [0, 0.1) is 0 Å². The van der Waals surface area contributed by atoms with E-state index in [1.165, 1.54) is 34.6 Å². The summed E-state index contributed by atoms with van der Waals surface area (Å²) in [5.74, 6) is 0. The molecule has 1 saturated heterocycles. The lowest BCUT2D eigenvalue weighted by atomic mass is 9.95. The summed E-state index contributed by atoms with van der Waals surface area (Å²) in [6.45, 7) is 1.60. The van der Waals surface area contributed by atoms with Crippen molar-refractivity contribution < 1.29 is 31.4 Å². The molecule has 8 nitrogen and oxygen atoms in total. The van der Waals surface area contributed by atoms with Gasteiger partial charge in [-0.3, -0.25) is 0 Å². The molecule has 1 aliphatic heterocycles. The lowest BCUT2D eigenvalue weighted by molar-refractivity contribution is -0.258. The molecule has 2 atom stereocenters. The number of rotatable bonds is 8. The van der Waals surface area contributed by atoms with Gasteiger partial charge in [-0.2, -0.15) is 17.5 Å². The maximum atomic E-state index is 13.4. The van der Waals surface area contributed by atoms with Crippen LogP contribution in [0.25, 0.3) is 0 Å². The van der Waals surface area contributed by atoms with Crippen molar-refractivity contribution in [1.29, 1.82) is 0 Å². The van der Waals surface area contributed by atoms with Crippen LogP contribution >= 0.6 is 12.2 Å². The molecule has 4 rings (SSSR count). The molecule has 13 heteroatoms. The normalized spacial score (nSPS) is 20.9. The van der Waals surface area contributed by atoms with Crippen LogP contribution in [-0.4, -0.2) is 70.7 Å². The van der Waals surface area contributed by atoms with Crippen LogP contribution in [0.1, 0.15) is 24.6 Å². The van der Waals surface area contributed by atoms with Gasteiger partial charge in [-0.15, -0.1) is 0 Å². The Hall–Kier alpha value is -2.58. The summed E-state index contributed by atoms with van der Waals surface area (Å²) >= 11 is 5.30. The first-order valence-electron chi connectivity index (χ1n) is 11.9. The number of nitrogens with zero attached hydrogens (tertiary/aromatic N) is 4. The van der Waals surface area contributed by atoms with Gasteiger partial charge in [-0.05, 0) is 30.7 Å². The van der Waals surface area contributed by atoms with E-state index in [-0.39, 0.29) is 43.3 Å². The summed E-state index contributed by atoms with van der Waals surface area (Å²) in [6, 6.07) is 5.01. The quantitative estimate of drug-likeness (QED) is 0.487. The third-order valence-electron chi connectivity index (χ3n) is 6.66. The van der Waals surface area contributed by atoms with Crippen LogP contribution in [0.4, 0.5) is 18.9 Å². The fourth-order valence-electron chi connectivity index (χ4n) is 4.40. The Morgan fingerprint density at radius 1 is 1.21 bits per heavy atom. The molecule has 0 radical (unpaired) electrons. The van der Waals surface area contributed by atoms with Crippen molar-refractivity contribution in [2.24, 2.45) is 7.05 Å². The number of hydrogen-bond donors (Lipinski definition) is 1. The summed E-state index contributed by atoms with van der Waals surface area (Å²) in [7, 11) is -2.01. The van der Waals surface area contributed by atoms with E-state index >= 15 is 0 Å². The highest BCUT2D eigenvalue weighted by atomic mass is 32.2. The number of sulfonamides is 1. The molecule has 1 fully saturated rings. The van der Waals surface area contributed by atoms with Crippen LogP contribution in [0.2, 0.25) is 0 Å². The van der Waals surface area contributed by atoms with Crippen molar-refractivity contribution in [2.45, 2.75) is 37.8 Å². The molecule has 2 aliphatic rings. The van der Waals surface area contributed by atoms with Gasteiger partial charge in [-0.1, -0.05) is 36.5 Å². The summed E-state index contributed by atoms with van der Waals surface area (Å²) < 4.78 is 75.8. The smallest absolute Gasteiger partial charge is 0.376 e. The Labute approximate surface area is 225 Å². The van der Waals surface area contributed by atoms with E-state index in [9.17, 15) is 26.7 Å². The SMILES string of the molecule is Cn1cnc(COC[C@H]2CN(S(=O)(=O)C3=CC=CCC3=S)CCN2c2ccc([C@@](C)(O)C(F)(F)F)cc2)c1. The van der Waals surface area contributed by atoms with E-state index < -0.39 is 27.8 Å². The summed E-state index contributed by atoms with van der Waals surface area (Å²) in [4.78, 5) is 6.59. The number of thiocarbonyl (C=S) groups is 1. The van der Waals surface area contributed by atoms with E-state index in [2.05, 4.69) is 4.98 Å². The molecular weight excluding hydrogens is 541 g/mol. The van der Waals surface area contributed by atoms with Gasteiger partial charge in [0.05, 0.1) is 36.2 Å². The molecule has 0 saturated carbocycles. The lowest BCUT2D eigenvalue weighted by Crippen LogP contribution is -2.57. The average Bonchev–Trinajstić information content (AvgIpc) is 3.28. The van der Waals surface area contributed by atoms with Gasteiger partial charge < -0.3 is 19.3 Å². The largest absolute Gasteiger partial charge is 0.421 e. The molecule has 2 heterocycles. The average molecular weight is 571 g/mol. The van der Waals surface area contributed by atoms with Gasteiger partial charge in [0.1, 0.15) is 0 Å². The predicted molar refractivity (Wildman–Crippen MR) is 141 cm³/mol. The van der Waals surface area contributed by atoms with E-state index in [0.717, 1.165) is 0 Å². The third-order valence-corrected chi connectivity index (χ3v) is 9.12. The van der Waals surface area contributed by atoms with Gasteiger partial charge in [0, 0.05) is 49.9 Å². The zero-order valence-corrected chi connectivity index (χ0v) is 22.6. The van der Waals surface area contributed by atoms with Gasteiger partial charge in [-0.25, -0.2) is 13.4 Å². The number of anilines is 1. The van der Waals surface area contributed by atoms with Crippen LogP contribution in [0.15, 0.2) is 59.9 Å². The van der Waals surface area contributed by atoms with Gasteiger partial charge in [0.2, 0.25) is 10.0 Å². The number of ether oxygens (including phenoxy) is 1. The van der Waals surface area contributed by atoms with Crippen molar-refractivity contribution >= 4 is 32.8 Å². The summed E-state index contributed by atoms with van der Waals surface area (Å²) in [6.07, 6.45) is 3.98. The Bertz CT molecular complexity index is 1340. The minimum Gasteiger partial charge on any atom is -0.376 e. The molecule has 1 N–H and O–H groups in total. The van der Waals surface area contributed by atoms with Crippen molar-refractivity contribution in [3.8, 4) is 0 Å². The van der Waals surface area contributed by atoms with Crippen molar-refractivity contribution in [2.75, 3.05) is 31.1 Å². The summed E-state index contributed by atoms with van der Waals surface area (Å²) in [5.41, 5.74) is -1.98. The number of imidazole rings is 1. The highest BCUT2D eigenvalue weighted by Gasteiger charge is 2.51. The predicted octanol–water partition coefficient (Wildman–Crippen LogP) is 3.44. The highest BCUT2D eigenvalue weighted by molar-refractivity contribution is 7.96. The number of alkyl halides is 3. The first-order valence-corrected chi connectivity index (χ1v) is 13.8. The minimum atomic E-state index is -4.83. The fourth-order valence-corrected chi connectivity index (χ4v) is 6.47. The Morgan fingerprint density at radius 3 is 2.53 bits per heavy atom. The topological polar surface area (TPSA) is 87.9 Å². The first-order chi connectivity index (χ1) is 17.8. The number of aryl methyl sites for hydroxylation is 1. The number of halogens is 3. The van der Waals surface area contributed by atoms with E-state index in [1.807, 2.05) is 18.1 Å². The van der Waals surface area contributed by atoms with E-state index in [0.29, 0.717) is 29.6 Å². The number of allylic oxidation sites excluding steroid dienone is 4. The second-order valence-electron chi connectivity index (χ2n) is 9.46. The van der Waals surface area contributed by atoms with Crippen molar-refractivity contribution in [3.05, 3.63) is 71.2 Å². The molecule has 0 bridgehead atoms. The fraction of sp³-hybridized carbons (Fsp3) is 0.440. The molecular formula is C25H29F3N4O4S2. The Morgan fingerprint density at radius 2 is 1.92 bits per heavy atom. The lowest BCUT2D eigenvalue weighted by Gasteiger charge is -2.42. The number of hydrogen-bond acceptors (Lipinski definition) is 7. The second-order valence-corrected chi connectivity index (χ2v) is 11.9. The van der Waals surface area contributed by atoms with Crippen LogP contribution in [-0.2, 0) is 34.0 Å². The third kappa shape index (κ3) is 5.86. The zero-order chi connectivity index (χ0) is 27.7. The van der Waals surface area contributed by atoms with Crippen LogP contribution in [0.5, 0.6) is 0 Å². The van der Waals surface area contributed by atoms with Crippen LogP contribution < -0.4 is 4.90 Å². The number of piperazine rings is 1. The summed E-state index contributed by atoms with van der Waals surface area (Å²) in [5, 5.41) is 10.0. The first kappa shape index (κ1) is 28.4. The number of benzene rings is 1. The van der Waals surface area contributed by atoms with Crippen molar-refractivity contribution in [1.82, 2.24) is 13.9 Å². The Kier molecular flexibility index (Phi) is 8.15. The molecule has 1 aromatic heterocycles.